The first kappa shape index (κ1) is 25.9. The first-order valence-corrected chi connectivity index (χ1v) is 13.7. The van der Waals surface area contributed by atoms with E-state index in [1.54, 1.807) is 33.8 Å². The van der Waals surface area contributed by atoms with Crippen LogP contribution in [0.25, 0.3) is 16.7 Å². The summed E-state index contributed by atoms with van der Waals surface area (Å²) in [6.07, 6.45) is 7.60. The Balaban J connectivity index is 1.14. The van der Waals surface area contributed by atoms with E-state index in [2.05, 4.69) is 31.9 Å². The Hall–Kier alpha value is -5.00. The van der Waals surface area contributed by atoms with Crippen molar-refractivity contribution in [3.63, 3.8) is 0 Å². The summed E-state index contributed by atoms with van der Waals surface area (Å²) in [5.74, 6) is -0.721. The van der Waals surface area contributed by atoms with Crippen molar-refractivity contribution in [3.05, 3.63) is 84.7 Å². The van der Waals surface area contributed by atoms with E-state index in [0.717, 1.165) is 18.5 Å². The molecule has 2 unspecified atom stereocenters. The SMILES string of the molecule is C=C(F)C(=O)N1C2CCC1CC(c1ccc3ncnc(Nc4cc(C)c(Oc5ccn6ncnc6c5)cc4F)c3n1)C2. The van der Waals surface area contributed by atoms with Gasteiger partial charge in [-0.3, -0.25) is 4.79 Å². The van der Waals surface area contributed by atoms with E-state index in [1.807, 2.05) is 19.1 Å². The number of amides is 1. The number of ether oxygens (including phenoxy) is 1. The summed E-state index contributed by atoms with van der Waals surface area (Å²) in [6.45, 7) is 5.02. The number of rotatable bonds is 6. The number of carbonyl (C=O) groups is 1. The lowest BCUT2D eigenvalue weighted by Gasteiger charge is -2.38. The molecule has 42 heavy (non-hydrogen) atoms. The van der Waals surface area contributed by atoms with Gasteiger partial charge in [0.05, 0.1) is 11.2 Å². The van der Waals surface area contributed by atoms with Crippen molar-refractivity contribution in [1.29, 1.82) is 0 Å². The lowest BCUT2D eigenvalue weighted by atomic mass is 9.87. The summed E-state index contributed by atoms with van der Waals surface area (Å²) in [4.78, 5) is 31.8. The number of fused-ring (bicyclic) bond motifs is 4. The smallest absolute Gasteiger partial charge is 0.282 e. The van der Waals surface area contributed by atoms with E-state index in [9.17, 15) is 9.18 Å². The van der Waals surface area contributed by atoms with E-state index in [-0.39, 0.29) is 23.7 Å². The zero-order chi connectivity index (χ0) is 29.0. The van der Waals surface area contributed by atoms with Crippen LogP contribution in [0.4, 0.5) is 20.3 Å². The molecule has 0 radical (unpaired) electrons. The predicted molar refractivity (Wildman–Crippen MR) is 151 cm³/mol. The lowest BCUT2D eigenvalue weighted by Crippen LogP contribution is -2.46. The number of hydrogen-bond donors (Lipinski definition) is 1. The molecule has 2 fully saturated rings. The largest absolute Gasteiger partial charge is 0.457 e. The van der Waals surface area contributed by atoms with Crippen molar-refractivity contribution in [2.24, 2.45) is 0 Å². The van der Waals surface area contributed by atoms with Crippen molar-refractivity contribution >= 4 is 34.1 Å². The van der Waals surface area contributed by atoms with Gasteiger partial charge in [-0.05, 0) is 62.4 Å². The molecule has 0 aliphatic carbocycles. The van der Waals surface area contributed by atoms with E-state index >= 15 is 4.39 Å². The fraction of sp³-hybridized carbons (Fsp3) is 0.267. The number of piperidine rings is 1. The van der Waals surface area contributed by atoms with Gasteiger partial charge in [-0.15, -0.1) is 0 Å². The van der Waals surface area contributed by atoms with Crippen molar-refractivity contribution in [3.8, 4) is 11.5 Å². The molecule has 2 bridgehead atoms. The molecule has 2 aliphatic rings. The molecule has 1 aromatic carbocycles. The highest BCUT2D eigenvalue weighted by Gasteiger charge is 2.44. The van der Waals surface area contributed by atoms with E-state index < -0.39 is 17.6 Å². The molecule has 0 saturated carbocycles. The summed E-state index contributed by atoms with van der Waals surface area (Å²) in [6, 6.07) is 10.1. The standard InChI is InChI=1S/C30H26F2N8O2/c1-16-9-25(22(32)13-26(16)42-21-7-8-39-27(12-21)34-15-36-39)38-29-28-24(33-14-35-29)6-5-23(37-28)18-10-19-3-4-20(11-18)40(19)30(41)17(2)31/h5-9,12-15,18-20H,2-4,10-11H2,1H3,(H,33,35,38). The highest BCUT2D eigenvalue weighted by Crippen LogP contribution is 2.43. The van der Waals surface area contributed by atoms with Gasteiger partial charge >= 0.3 is 0 Å². The van der Waals surface area contributed by atoms with Gasteiger partial charge in [-0.1, -0.05) is 6.58 Å². The third-order valence-corrected chi connectivity index (χ3v) is 8.12. The molecule has 2 aliphatic heterocycles. The molecule has 2 atom stereocenters. The Bertz CT molecular complexity index is 1860. The van der Waals surface area contributed by atoms with Gasteiger partial charge in [0.1, 0.15) is 35.5 Å². The van der Waals surface area contributed by atoms with E-state index in [4.69, 9.17) is 9.72 Å². The van der Waals surface area contributed by atoms with Crippen LogP contribution in [-0.2, 0) is 4.79 Å². The maximum atomic E-state index is 15.3. The van der Waals surface area contributed by atoms with Crippen molar-refractivity contribution < 1.29 is 18.3 Å². The fourth-order valence-electron chi connectivity index (χ4n) is 6.15. The molecule has 7 rings (SSSR count). The number of aryl methyl sites for hydroxylation is 1. The highest BCUT2D eigenvalue weighted by atomic mass is 19.1. The molecular weight excluding hydrogens is 542 g/mol. The van der Waals surface area contributed by atoms with Crippen LogP contribution in [-0.4, -0.2) is 52.4 Å². The number of carbonyl (C=O) groups excluding carboxylic acids is 1. The van der Waals surface area contributed by atoms with Crippen molar-refractivity contribution in [1.82, 2.24) is 34.4 Å². The second-order valence-electron chi connectivity index (χ2n) is 10.7. The van der Waals surface area contributed by atoms with Gasteiger partial charge in [-0.2, -0.15) is 5.10 Å². The number of anilines is 2. The summed E-state index contributed by atoms with van der Waals surface area (Å²) < 4.78 is 36.5. The molecular formula is C30H26F2N8O2. The maximum Gasteiger partial charge on any atom is 0.282 e. The first-order chi connectivity index (χ1) is 20.3. The molecule has 10 nitrogen and oxygen atoms in total. The highest BCUT2D eigenvalue weighted by molar-refractivity contribution is 5.91. The van der Waals surface area contributed by atoms with Gasteiger partial charge in [0, 0.05) is 42.0 Å². The number of halogens is 2. The maximum absolute atomic E-state index is 15.3. The van der Waals surface area contributed by atoms with Gasteiger partial charge in [-0.25, -0.2) is 33.2 Å². The number of pyridine rings is 2. The minimum absolute atomic E-state index is 0.0491. The normalized spacial score (nSPS) is 19.8. The third-order valence-electron chi connectivity index (χ3n) is 8.12. The summed E-state index contributed by atoms with van der Waals surface area (Å²) in [5.41, 5.74) is 3.51. The summed E-state index contributed by atoms with van der Waals surface area (Å²) in [7, 11) is 0. The van der Waals surface area contributed by atoms with Crippen LogP contribution in [0, 0.1) is 12.7 Å². The molecule has 6 heterocycles. The Kier molecular flexibility index (Phi) is 6.25. The molecule has 1 amide bonds. The van der Waals surface area contributed by atoms with Crippen LogP contribution < -0.4 is 10.1 Å². The van der Waals surface area contributed by atoms with Crippen LogP contribution in [0.1, 0.15) is 42.9 Å². The molecule has 5 aromatic rings. The second kappa shape index (κ2) is 10.1. The zero-order valence-corrected chi connectivity index (χ0v) is 22.7. The third kappa shape index (κ3) is 4.58. The Morgan fingerprint density at radius 1 is 1.07 bits per heavy atom. The topological polar surface area (TPSA) is 110 Å². The van der Waals surface area contributed by atoms with Gasteiger partial charge < -0.3 is 15.0 Å². The average molecular weight is 569 g/mol. The zero-order valence-electron chi connectivity index (χ0n) is 22.7. The Morgan fingerprint density at radius 2 is 1.88 bits per heavy atom. The number of hydrogen-bond acceptors (Lipinski definition) is 8. The van der Waals surface area contributed by atoms with Crippen LogP contribution >= 0.6 is 0 Å². The molecule has 4 aromatic heterocycles. The molecule has 212 valence electrons. The monoisotopic (exact) mass is 568 g/mol. The fourth-order valence-corrected chi connectivity index (χ4v) is 6.15. The number of nitrogens with one attached hydrogen (secondary N) is 1. The summed E-state index contributed by atoms with van der Waals surface area (Å²) in [5, 5.41) is 7.16. The van der Waals surface area contributed by atoms with E-state index in [1.165, 1.54) is 18.7 Å². The van der Waals surface area contributed by atoms with Crippen LogP contribution in [0.5, 0.6) is 11.5 Å². The Morgan fingerprint density at radius 3 is 2.67 bits per heavy atom. The quantitative estimate of drug-likeness (QED) is 0.257. The average Bonchev–Trinajstić information content (AvgIpc) is 3.55. The Labute approximate surface area is 239 Å². The van der Waals surface area contributed by atoms with Crippen molar-refractivity contribution in [2.75, 3.05) is 5.32 Å². The molecule has 1 N–H and O–H groups in total. The van der Waals surface area contributed by atoms with Crippen LogP contribution in [0.15, 0.2) is 67.7 Å². The summed E-state index contributed by atoms with van der Waals surface area (Å²) >= 11 is 0. The number of nitrogens with zero attached hydrogens (tertiary/aromatic N) is 7. The van der Waals surface area contributed by atoms with Crippen LogP contribution in [0.2, 0.25) is 0 Å². The van der Waals surface area contributed by atoms with Crippen molar-refractivity contribution in [2.45, 2.75) is 50.6 Å². The van der Waals surface area contributed by atoms with Gasteiger partial charge in [0.15, 0.2) is 17.3 Å². The minimum Gasteiger partial charge on any atom is -0.457 e. The lowest BCUT2D eigenvalue weighted by molar-refractivity contribution is -0.133. The molecule has 0 spiro atoms. The van der Waals surface area contributed by atoms with Crippen LogP contribution in [0.3, 0.4) is 0 Å². The predicted octanol–water partition coefficient (Wildman–Crippen LogP) is 5.77. The van der Waals surface area contributed by atoms with Gasteiger partial charge in [0.25, 0.3) is 5.91 Å². The first-order valence-electron chi connectivity index (χ1n) is 13.7. The van der Waals surface area contributed by atoms with Gasteiger partial charge in [0.2, 0.25) is 0 Å². The molecule has 12 heteroatoms. The second-order valence-corrected chi connectivity index (χ2v) is 10.7. The van der Waals surface area contributed by atoms with E-state index in [0.29, 0.717) is 52.4 Å². The number of benzene rings is 1. The minimum atomic E-state index is -0.919. The number of aromatic nitrogens is 6. The molecule has 2 saturated heterocycles.